The van der Waals surface area contributed by atoms with Crippen molar-refractivity contribution in [1.82, 2.24) is 10.6 Å². The fraction of sp³-hybridized carbons (Fsp3) is 0.476. The lowest BCUT2D eigenvalue weighted by Gasteiger charge is -2.25. The van der Waals surface area contributed by atoms with Crippen molar-refractivity contribution in [2.45, 2.75) is 38.2 Å². The summed E-state index contributed by atoms with van der Waals surface area (Å²) in [6.45, 7) is 2.40. The zero-order valence-electron chi connectivity index (χ0n) is 15.5. The van der Waals surface area contributed by atoms with Crippen molar-refractivity contribution < 1.29 is 9.15 Å². The average molecular weight is 355 g/mol. The van der Waals surface area contributed by atoms with Crippen LogP contribution in [0.1, 0.15) is 42.3 Å². The molecule has 1 atom stereocenters. The van der Waals surface area contributed by atoms with Crippen molar-refractivity contribution in [2.24, 2.45) is 4.99 Å². The van der Waals surface area contributed by atoms with Crippen molar-refractivity contribution in [3.8, 4) is 0 Å². The van der Waals surface area contributed by atoms with E-state index in [1.165, 1.54) is 24.0 Å². The summed E-state index contributed by atoms with van der Waals surface area (Å²) in [7, 11) is 1.79. The molecule has 0 bridgehead atoms. The number of hydrogen-bond acceptors (Lipinski definition) is 3. The van der Waals surface area contributed by atoms with E-state index in [2.05, 4.69) is 39.9 Å². The van der Waals surface area contributed by atoms with Crippen molar-refractivity contribution in [1.29, 1.82) is 0 Å². The Balaban J connectivity index is 1.31. The molecular formula is C21H29N3O2. The number of nitrogens with zero attached hydrogens (tertiary/aromatic N) is 1. The van der Waals surface area contributed by atoms with Crippen LogP contribution in [0.25, 0.3) is 0 Å². The van der Waals surface area contributed by atoms with Crippen LogP contribution in [0.4, 0.5) is 0 Å². The van der Waals surface area contributed by atoms with Gasteiger partial charge in [-0.1, -0.05) is 24.3 Å². The van der Waals surface area contributed by atoms with E-state index in [-0.39, 0.29) is 6.10 Å². The van der Waals surface area contributed by atoms with Crippen LogP contribution in [0, 0.1) is 0 Å². The number of nitrogens with one attached hydrogen (secondary N) is 2. The highest BCUT2D eigenvalue weighted by atomic mass is 16.5. The van der Waals surface area contributed by atoms with Crippen LogP contribution in [0.2, 0.25) is 0 Å². The van der Waals surface area contributed by atoms with Crippen LogP contribution >= 0.6 is 0 Å². The molecule has 3 rings (SSSR count). The van der Waals surface area contributed by atoms with E-state index in [1.54, 1.807) is 13.3 Å². The number of benzene rings is 1. The summed E-state index contributed by atoms with van der Waals surface area (Å²) in [5, 5.41) is 6.63. The zero-order valence-corrected chi connectivity index (χ0v) is 15.5. The normalized spacial score (nSPS) is 17.0. The summed E-state index contributed by atoms with van der Waals surface area (Å²) < 4.78 is 11.5. The highest BCUT2D eigenvalue weighted by Crippen LogP contribution is 2.32. The standard InChI is InChI=1S/C21H29N3O2/c1-22-21(24-14-12-18-9-5-15-25-18)23-13-6-16-26-20-11-4-8-17-7-2-3-10-19(17)20/h2-3,5,7,9-10,15,20H,4,6,8,11-14,16H2,1H3,(H2,22,23,24). The van der Waals surface area contributed by atoms with Gasteiger partial charge < -0.3 is 19.8 Å². The van der Waals surface area contributed by atoms with Gasteiger partial charge in [0.25, 0.3) is 0 Å². The molecular weight excluding hydrogens is 326 g/mol. The largest absolute Gasteiger partial charge is 0.469 e. The van der Waals surface area contributed by atoms with Gasteiger partial charge in [0.2, 0.25) is 0 Å². The van der Waals surface area contributed by atoms with Gasteiger partial charge in [-0.15, -0.1) is 0 Å². The Hall–Kier alpha value is -2.27. The van der Waals surface area contributed by atoms with Gasteiger partial charge in [0.1, 0.15) is 5.76 Å². The summed E-state index contributed by atoms with van der Waals surface area (Å²) in [6, 6.07) is 12.6. The molecule has 1 aromatic heterocycles. The van der Waals surface area contributed by atoms with Crippen LogP contribution in [-0.2, 0) is 17.6 Å². The van der Waals surface area contributed by atoms with E-state index in [9.17, 15) is 0 Å². The molecule has 1 heterocycles. The molecule has 1 aliphatic carbocycles. The molecule has 1 aromatic carbocycles. The zero-order chi connectivity index (χ0) is 18.0. The smallest absolute Gasteiger partial charge is 0.190 e. The Labute approximate surface area is 155 Å². The van der Waals surface area contributed by atoms with Gasteiger partial charge >= 0.3 is 0 Å². The minimum Gasteiger partial charge on any atom is -0.469 e. The molecule has 1 unspecified atom stereocenters. The molecule has 140 valence electrons. The second-order valence-corrected chi connectivity index (χ2v) is 6.56. The molecule has 0 spiro atoms. The Morgan fingerprint density at radius 1 is 1.19 bits per heavy atom. The Bertz CT molecular complexity index is 682. The summed E-state index contributed by atoms with van der Waals surface area (Å²) in [5.74, 6) is 1.80. The summed E-state index contributed by atoms with van der Waals surface area (Å²) in [5.41, 5.74) is 2.82. The Kier molecular flexibility index (Phi) is 7.14. The first-order valence-corrected chi connectivity index (χ1v) is 9.53. The number of ether oxygens (including phenoxy) is 1. The fourth-order valence-electron chi connectivity index (χ4n) is 3.37. The van der Waals surface area contributed by atoms with Crippen LogP contribution in [0.5, 0.6) is 0 Å². The molecule has 0 fully saturated rings. The van der Waals surface area contributed by atoms with Gasteiger partial charge in [-0.05, 0) is 48.9 Å². The number of fused-ring (bicyclic) bond motifs is 1. The highest BCUT2D eigenvalue weighted by molar-refractivity contribution is 5.79. The van der Waals surface area contributed by atoms with Gasteiger partial charge in [0.15, 0.2) is 5.96 Å². The van der Waals surface area contributed by atoms with Crippen LogP contribution in [-0.4, -0.2) is 32.7 Å². The van der Waals surface area contributed by atoms with E-state index >= 15 is 0 Å². The third kappa shape index (κ3) is 5.36. The maximum Gasteiger partial charge on any atom is 0.190 e. The Morgan fingerprint density at radius 2 is 2.08 bits per heavy atom. The molecule has 2 aromatic rings. The van der Waals surface area contributed by atoms with Crippen LogP contribution in [0.15, 0.2) is 52.1 Å². The summed E-state index contributed by atoms with van der Waals surface area (Å²) >= 11 is 0. The van der Waals surface area contributed by atoms with E-state index in [0.717, 1.165) is 50.7 Å². The molecule has 5 nitrogen and oxygen atoms in total. The van der Waals surface area contributed by atoms with Gasteiger partial charge in [-0.25, -0.2) is 0 Å². The first-order valence-electron chi connectivity index (χ1n) is 9.53. The Morgan fingerprint density at radius 3 is 2.92 bits per heavy atom. The van der Waals surface area contributed by atoms with Gasteiger partial charge in [0, 0.05) is 33.2 Å². The molecule has 0 saturated heterocycles. The lowest BCUT2D eigenvalue weighted by molar-refractivity contribution is 0.0398. The SMILES string of the molecule is CN=C(NCCCOC1CCCc2ccccc21)NCCc1ccco1. The number of aryl methyl sites for hydroxylation is 1. The maximum absolute atomic E-state index is 6.14. The molecule has 5 heteroatoms. The van der Waals surface area contributed by atoms with Crippen LogP contribution < -0.4 is 10.6 Å². The predicted molar refractivity (Wildman–Crippen MR) is 104 cm³/mol. The minimum atomic E-state index is 0.255. The van der Waals surface area contributed by atoms with E-state index < -0.39 is 0 Å². The van der Waals surface area contributed by atoms with Crippen molar-refractivity contribution in [2.75, 3.05) is 26.7 Å². The monoisotopic (exact) mass is 355 g/mol. The second kappa shape index (κ2) is 10.0. The third-order valence-corrected chi connectivity index (χ3v) is 4.71. The van der Waals surface area contributed by atoms with E-state index in [1.807, 2.05) is 12.1 Å². The van der Waals surface area contributed by atoms with Crippen LogP contribution in [0.3, 0.4) is 0 Å². The first-order chi connectivity index (χ1) is 12.9. The molecule has 2 N–H and O–H groups in total. The molecule has 26 heavy (non-hydrogen) atoms. The number of rotatable bonds is 8. The quantitative estimate of drug-likeness (QED) is 0.432. The number of hydrogen-bond donors (Lipinski definition) is 2. The van der Waals surface area contributed by atoms with Gasteiger partial charge in [-0.3, -0.25) is 4.99 Å². The summed E-state index contributed by atoms with van der Waals surface area (Å²) in [6.07, 6.45) is 7.28. The summed E-state index contributed by atoms with van der Waals surface area (Å²) in [4.78, 5) is 4.25. The number of furan rings is 1. The molecule has 0 radical (unpaired) electrons. The minimum absolute atomic E-state index is 0.255. The molecule has 0 aliphatic heterocycles. The third-order valence-electron chi connectivity index (χ3n) is 4.71. The predicted octanol–water partition coefficient (Wildman–Crippen LogP) is 3.47. The van der Waals surface area contributed by atoms with Crippen molar-refractivity contribution in [3.63, 3.8) is 0 Å². The van der Waals surface area contributed by atoms with E-state index in [0.29, 0.717) is 0 Å². The van der Waals surface area contributed by atoms with Crippen molar-refractivity contribution in [3.05, 3.63) is 59.5 Å². The van der Waals surface area contributed by atoms with Gasteiger partial charge in [-0.2, -0.15) is 0 Å². The average Bonchev–Trinajstić information content (AvgIpc) is 3.20. The highest BCUT2D eigenvalue weighted by Gasteiger charge is 2.19. The molecule has 0 saturated carbocycles. The first kappa shape index (κ1) is 18.5. The van der Waals surface area contributed by atoms with Crippen molar-refractivity contribution >= 4 is 5.96 Å². The topological polar surface area (TPSA) is 58.8 Å². The van der Waals surface area contributed by atoms with E-state index in [4.69, 9.17) is 9.15 Å². The lowest BCUT2D eigenvalue weighted by atomic mass is 9.89. The molecule has 0 amide bonds. The maximum atomic E-state index is 6.14. The number of aliphatic imine (C=N–C) groups is 1. The lowest BCUT2D eigenvalue weighted by Crippen LogP contribution is -2.39. The second-order valence-electron chi connectivity index (χ2n) is 6.56. The van der Waals surface area contributed by atoms with Gasteiger partial charge in [0.05, 0.1) is 12.4 Å². The fourth-order valence-corrected chi connectivity index (χ4v) is 3.37. The molecule has 1 aliphatic rings. The number of guanidine groups is 1.